The van der Waals surface area contributed by atoms with E-state index in [2.05, 4.69) is 27.2 Å². The molecule has 2 aromatic rings. The second kappa shape index (κ2) is 7.55. The normalized spacial score (nSPS) is 10.5. The quantitative estimate of drug-likeness (QED) is 0.839. The zero-order valence-electron chi connectivity index (χ0n) is 12.0. The molecular formula is C15H20N4O. The second-order valence-electron chi connectivity index (χ2n) is 4.55. The lowest BCUT2D eigenvalue weighted by molar-refractivity contribution is 0.177. The summed E-state index contributed by atoms with van der Waals surface area (Å²) in [5.74, 6) is 1.57. The number of anilines is 1. The molecule has 0 aliphatic heterocycles. The van der Waals surface area contributed by atoms with E-state index in [0.717, 1.165) is 30.9 Å². The van der Waals surface area contributed by atoms with Crippen LogP contribution < -0.4 is 5.32 Å². The molecule has 0 amide bonds. The van der Waals surface area contributed by atoms with E-state index in [4.69, 9.17) is 4.74 Å². The molecule has 0 aliphatic rings. The first-order valence-corrected chi connectivity index (χ1v) is 6.80. The van der Waals surface area contributed by atoms with Crippen LogP contribution in [0.3, 0.4) is 0 Å². The Morgan fingerprint density at radius 2 is 2.00 bits per heavy atom. The third kappa shape index (κ3) is 4.28. The van der Waals surface area contributed by atoms with Gasteiger partial charge in [-0.25, -0.2) is 9.97 Å². The highest BCUT2D eigenvalue weighted by Gasteiger charge is 2.05. The lowest BCUT2D eigenvalue weighted by Crippen LogP contribution is -2.08. The number of rotatable bonds is 7. The summed E-state index contributed by atoms with van der Waals surface area (Å²) in [6.45, 7) is 3.45. The van der Waals surface area contributed by atoms with Crippen LogP contribution in [0.1, 0.15) is 30.4 Å². The summed E-state index contributed by atoms with van der Waals surface area (Å²) in [6, 6.07) is 5.99. The molecule has 5 heteroatoms. The van der Waals surface area contributed by atoms with Crippen molar-refractivity contribution in [1.82, 2.24) is 15.0 Å². The van der Waals surface area contributed by atoms with Crippen molar-refractivity contribution in [1.29, 1.82) is 0 Å². The second-order valence-corrected chi connectivity index (χ2v) is 4.55. The highest BCUT2D eigenvalue weighted by molar-refractivity contribution is 5.37. The zero-order valence-corrected chi connectivity index (χ0v) is 12.0. The fourth-order valence-electron chi connectivity index (χ4n) is 1.89. The minimum atomic E-state index is 0.422. The maximum atomic E-state index is 5.13. The monoisotopic (exact) mass is 272 g/mol. The van der Waals surface area contributed by atoms with Crippen molar-refractivity contribution < 1.29 is 4.74 Å². The molecule has 2 heterocycles. The summed E-state index contributed by atoms with van der Waals surface area (Å²) in [7, 11) is 1.65. The summed E-state index contributed by atoms with van der Waals surface area (Å²) in [6.07, 6.45) is 5.41. The van der Waals surface area contributed by atoms with E-state index < -0.39 is 0 Å². The molecule has 0 saturated heterocycles. The number of methoxy groups -OCH3 is 1. The van der Waals surface area contributed by atoms with E-state index in [9.17, 15) is 0 Å². The van der Waals surface area contributed by atoms with Gasteiger partial charge in [0, 0.05) is 38.5 Å². The fourth-order valence-corrected chi connectivity index (χ4v) is 1.89. The molecule has 1 N–H and O–H groups in total. The van der Waals surface area contributed by atoms with Crippen molar-refractivity contribution in [3.63, 3.8) is 0 Å². The number of hydrogen-bond acceptors (Lipinski definition) is 5. The Bertz CT molecular complexity index is 531. The fraction of sp³-hybridized carbons (Fsp3) is 0.400. The number of aromatic nitrogens is 3. The van der Waals surface area contributed by atoms with Gasteiger partial charge in [-0.15, -0.1) is 0 Å². The van der Waals surface area contributed by atoms with Gasteiger partial charge in [-0.3, -0.25) is 4.98 Å². The molecule has 0 fully saturated rings. The standard InChI is InChI=1S/C15H20N4O/c1-3-6-17-14-10-13(18-15(19-14)11-20-2)9-12-4-7-16-8-5-12/h4-5,7-8,10H,3,6,9,11H2,1-2H3,(H,17,18,19). The van der Waals surface area contributed by atoms with Crippen molar-refractivity contribution in [2.75, 3.05) is 19.0 Å². The van der Waals surface area contributed by atoms with Gasteiger partial charge in [-0.2, -0.15) is 0 Å². The summed E-state index contributed by atoms with van der Waals surface area (Å²) in [5.41, 5.74) is 2.17. The Kier molecular flexibility index (Phi) is 5.43. The van der Waals surface area contributed by atoms with Gasteiger partial charge in [0.05, 0.1) is 5.69 Å². The van der Waals surface area contributed by atoms with E-state index in [1.165, 1.54) is 5.56 Å². The van der Waals surface area contributed by atoms with Crippen LogP contribution in [0.15, 0.2) is 30.6 Å². The summed E-state index contributed by atoms with van der Waals surface area (Å²) in [4.78, 5) is 13.0. The van der Waals surface area contributed by atoms with Crippen molar-refractivity contribution >= 4 is 5.82 Å². The van der Waals surface area contributed by atoms with E-state index in [1.807, 2.05) is 18.2 Å². The molecule has 0 radical (unpaired) electrons. The van der Waals surface area contributed by atoms with Gasteiger partial charge in [0.1, 0.15) is 12.4 Å². The maximum Gasteiger partial charge on any atom is 0.156 e. The Hall–Kier alpha value is -2.01. The minimum Gasteiger partial charge on any atom is -0.377 e. The van der Waals surface area contributed by atoms with Crippen molar-refractivity contribution in [2.45, 2.75) is 26.4 Å². The topological polar surface area (TPSA) is 59.9 Å². The highest BCUT2D eigenvalue weighted by atomic mass is 16.5. The van der Waals surface area contributed by atoms with E-state index in [1.54, 1.807) is 19.5 Å². The van der Waals surface area contributed by atoms with Gasteiger partial charge in [0.2, 0.25) is 0 Å². The largest absolute Gasteiger partial charge is 0.377 e. The Morgan fingerprint density at radius 1 is 1.20 bits per heavy atom. The lowest BCUT2D eigenvalue weighted by Gasteiger charge is -2.09. The minimum absolute atomic E-state index is 0.422. The van der Waals surface area contributed by atoms with Crippen LogP contribution >= 0.6 is 0 Å². The number of hydrogen-bond donors (Lipinski definition) is 1. The molecule has 0 bridgehead atoms. The van der Waals surface area contributed by atoms with Crippen LogP contribution in [0.4, 0.5) is 5.82 Å². The van der Waals surface area contributed by atoms with E-state index in [-0.39, 0.29) is 0 Å². The number of nitrogens with one attached hydrogen (secondary N) is 1. The van der Waals surface area contributed by atoms with Gasteiger partial charge >= 0.3 is 0 Å². The van der Waals surface area contributed by atoms with Gasteiger partial charge in [0.25, 0.3) is 0 Å². The van der Waals surface area contributed by atoms with Crippen LogP contribution in [0.25, 0.3) is 0 Å². The average molecular weight is 272 g/mol. The van der Waals surface area contributed by atoms with Gasteiger partial charge in [-0.1, -0.05) is 6.92 Å². The first-order chi connectivity index (χ1) is 9.81. The molecule has 5 nitrogen and oxygen atoms in total. The summed E-state index contributed by atoms with van der Waals surface area (Å²) < 4.78 is 5.13. The molecule has 0 unspecified atom stereocenters. The third-order valence-electron chi connectivity index (χ3n) is 2.79. The van der Waals surface area contributed by atoms with E-state index in [0.29, 0.717) is 12.4 Å². The SMILES string of the molecule is CCCNc1cc(Cc2ccncc2)nc(COC)n1. The Morgan fingerprint density at radius 3 is 2.70 bits per heavy atom. The Labute approximate surface area is 119 Å². The van der Waals surface area contributed by atoms with Crippen molar-refractivity contribution in [2.24, 2.45) is 0 Å². The predicted octanol–water partition coefficient (Wildman–Crippen LogP) is 2.43. The molecule has 2 aromatic heterocycles. The average Bonchev–Trinajstić information content (AvgIpc) is 2.46. The number of pyridine rings is 1. The first kappa shape index (κ1) is 14.4. The molecule has 106 valence electrons. The van der Waals surface area contributed by atoms with E-state index >= 15 is 0 Å². The first-order valence-electron chi connectivity index (χ1n) is 6.80. The van der Waals surface area contributed by atoms with Gasteiger partial charge < -0.3 is 10.1 Å². The van der Waals surface area contributed by atoms with Crippen LogP contribution in [0, 0.1) is 0 Å². The third-order valence-corrected chi connectivity index (χ3v) is 2.79. The van der Waals surface area contributed by atoms with Crippen LogP contribution in [-0.2, 0) is 17.8 Å². The van der Waals surface area contributed by atoms with Crippen molar-refractivity contribution in [3.05, 3.63) is 47.7 Å². The molecular weight excluding hydrogens is 252 g/mol. The number of nitrogens with zero attached hydrogens (tertiary/aromatic N) is 3. The summed E-state index contributed by atoms with van der Waals surface area (Å²) >= 11 is 0. The van der Waals surface area contributed by atoms with Crippen LogP contribution in [0.2, 0.25) is 0 Å². The molecule has 0 aromatic carbocycles. The molecule has 0 atom stereocenters. The molecule has 20 heavy (non-hydrogen) atoms. The van der Waals surface area contributed by atoms with Crippen LogP contribution in [-0.4, -0.2) is 28.6 Å². The van der Waals surface area contributed by atoms with Crippen molar-refractivity contribution in [3.8, 4) is 0 Å². The van der Waals surface area contributed by atoms with Crippen LogP contribution in [0.5, 0.6) is 0 Å². The lowest BCUT2D eigenvalue weighted by atomic mass is 10.1. The Balaban J connectivity index is 2.19. The predicted molar refractivity (Wildman–Crippen MR) is 78.6 cm³/mol. The smallest absolute Gasteiger partial charge is 0.156 e. The molecule has 0 saturated carbocycles. The van der Waals surface area contributed by atoms with Gasteiger partial charge in [-0.05, 0) is 24.1 Å². The van der Waals surface area contributed by atoms with Gasteiger partial charge in [0.15, 0.2) is 5.82 Å². The summed E-state index contributed by atoms with van der Waals surface area (Å²) in [5, 5.41) is 3.30. The molecule has 0 aliphatic carbocycles. The molecule has 0 spiro atoms. The number of ether oxygens (including phenoxy) is 1. The zero-order chi connectivity index (χ0) is 14.2. The highest BCUT2D eigenvalue weighted by Crippen LogP contribution is 2.12. The maximum absolute atomic E-state index is 5.13. The molecule has 2 rings (SSSR count).